The van der Waals surface area contributed by atoms with E-state index in [-0.39, 0.29) is 32.2 Å². The number of esters is 2. The molecular formula is C75H145NO8. The molecule has 0 aromatic carbocycles. The summed E-state index contributed by atoms with van der Waals surface area (Å²) in [5, 5.41) is 11.8. The maximum absolute atomic E-state index is 12.9. The zero-order valence-corrected chi connectivity index (χ0v) is 57.1. The van der Waals surface area contributed by atoms with E-state index >= 15 is 0 Å². The molecule has 2 atom stereocenters. The molecular weight excluding hydrogens is 1040 g/mol. The van der Waals surface area contributed by atoms with Crippen LogP contribution in [0.3, 0.4) is 0 Å². The Morgan fingerprint density at radius 3 is 0.881 bits per heavy atom. The Morgan fingerprint density at radius 2 is 0.607 bits per heavy atom. The molecule has 0 aromatic rings. The number of nitrogens with zero attached hydrogens (tertiary/aromatic N) is 1. The van der Waals surface area contributed by atoms with E-state index in [1.54, 1.807) is 0 Å². The van der Waals surface area contributed by atoms with Crippen molar-refractivity contribution in [3.8, 4) is 0 Å². The highest BCUT2D eigenvalue weighted by Crippen LogP contribution is 2.20. The standard InChI is InChI=1S/C75H145NO8/c1-6-8-10-12-14-16-18-20-22-24-26-28-29-30-31-32-33-34-35-36-37-38-39-40-41-42-43-44-46-47-49-51-53-55-57-59-61-63-65-72(77)82-69-71(70-83-75(74(79)80)81-68-67-76(3,4)5)84-73(78)66-64-62-60-58-56-54-52-50-48-45-27-25-23-21-19-17-15-13-11-9-7-2/h25,27,71,75H,6-24,26,28-70H2,1-5H3/b27-25-. The fraction of sp³-hybridized carbons (Fsp3) is 0.933. The van der Waals surface area contributed by atoms with Gasteiger partial charge in [0.25, 0.3) is 0 Å². The minimum Gasteiger partial charge on any atom is -0.545 e. The van der Waals surface area contributed by atoms with Gasteiger partial charge in [-0.3, -0.25) is 9.59 Å². The van der Waals surface area contributed by atoms with Crippen LogP contribution in [-0.2, 0) is 33.3 Å². The first-order valence-corrected chi connectivity index (χ1v) is 37.3. The SMILES string of the molecule is CCCCCCCCCC/C=C\CCCCCCCCCCCC(=O)OC(COC(=O)CCCCCCCCCCCCCCCCCCCCCCCCCCCCCCCCCCCCCCCC)COC(OCC[N+](C)(C)C)C(=O)[O-]. The zero-order chi connectivity index (χ0) is 61.2. The summed E-state index contributed by atoms with van der Waals surface area (Å²) < 4.78 is 22.8. The van der Waals surface area contributed by atoms with Crippen LogP contribution in [0, 0.1) is 0 Å². The Bertz CT molecular complexity index is 1380. The van der Waals surface area contributed by atoms with Gasteiger partial charge in [0.2, 0.25) is 0 Å². The minimum atomic E-state index is -1.62. The number of carbonyl (C=O) groups excluding carboxylic acids is 3. The Labute approximate surface area is 523 Å². The first kappa shape index (κ1) is 82.0. The van der Waals surface area contributed by atoms with Crippen molar-refractivity contribution >= 4 is 17.9 Å². The zero-order valence-electron chi connectivity index (χ0n) is 57.1. The Balaban J connectivity index is 3.93. The first-order valence-electron chi connectivity index (χ1n) is 37.3. The molecule has 2 unspecified atom stereocenters. The average molecular weight is 1190 g/mol. The fourth-order valence-electron chi connectivity index (χ4n) is 11.5. The van der Waals surface area contributed by atoms with E-state index in [4.69, 9.17) is 18.9 Å². The van der Waals surface area contributed by atoms with E-state index < -0.39 is 24.3 Å². The van der Waals surface area contributed by atoms with Crippen LogP contribution >= 0.6 is 0 Å². The van der Waals surface area contributed by atoms with Crippen molar-refractivity contribution in [3.63, 3.8) is 0 Å². The molecule has 0 aliphatic rings. The molecule has 0 rings (SSSR count). The van der Waals surface area contributed by atoms with Crippen molar-refractivity contribution in [2.45, 2.75) is 405 Å². The number of carboxylic acid groups (broad SMARTS) is 1. The number of carboxylic acids is 1. The van der Waals surface area contributed by atoms with E-state index in [1.165, 1.54) is 327 Å². The van der Waals surface area contributed by atoms with Crippen LogP contribution in [0.25, 0.3) is 0 Å². The van der Waals surface area contributed by atoms with Gasteiger partial charge in [0, 0.05) is 12.8 Å². The number of hydrogen-bond acceptors (Lipinski definition) is 8. The molecule has 0 bridgehead atoms. The lowest BCUT2D eigenvalue weighted by molar-refractivity contribution is -0.870. The van der Waals surface area contributed by atoms with Crippen molar-refractivity contribution in [3.05, 3.63) is 12.2 Å². The molecule has 9 heteroatoms. The van der Waals surface area contributed by atoms with Crippen LogP contribution in [0.2, 0.25) is 0 Å². The third-order valence-electron chi connectivity index (χ3n) is 17.3. The van der Waals surface area contributed by atoms with Gasteiger partial charge < -0.3 is 33.3 Å². The molecule has 0 saturated heterocycles. The average Bonchev–Trinajstić information content (AvgIpc) is 3.55. The van der Waals surface area contributed by atoms with Gasteiger partial charge in [0.05, 0.1) is 40.3 Å². The summed E-state index contributed by atoms with van der Waals surface area (Å²) in [5.41, 5.74) is 0. The number of allylic oxidation sites excluding steroid dienone is 2. The highest BCUT2D eigenvalue weighted by atomic mass is 16.7. The maximum Gasteiger partial charge on any atom is 0.306 e. The largest absolute Gasteiger partial charge is 0.545 e. The lowest BCUT2D eigenvalue weighted by atomic mass is 10.0. The maximum atomic E-state index is 12.9. The molecule has 0 heterocycles. The third-order valence-corrected chi connectivity index (χ3v) is 17.3. The Kier molecular flexibility index (Phi) is 65.4. The number of ether oxygens (including phenoxy) is 4. The van der Waals surface area contributed by atoms with Crippen LogP contribution in [0.5, 0.6) is 0 Å². The molecule has 0 fully saturated rings. The Hall–Kier alpha value is -1.97. The summed E-state index contributed by atoms with van der Waals surface area (Å²) in [6, 6.07) is 0. The summed E-state index contributed by atoms with van der Waals surface area (Å²) in [7, 11) is 5.94. The molecule has 0 N–H and O–H groups in total. The highest BCUT2D eigenvalue weighted by Gasteiger charge is 2.22. The molecule has 0 aliphatic carbocycles. The molecule has 0 saturated carbocycles. The minimum absolute atomic E-state index is 0.151. The number of carbonyl (C=O) groups is 3. The molecule has 9 nitrogen and oxygen atoms in total. The molecule has 0 radical (unpaired) electrons. The second-order valence-corrected chi connectivity index (χ2v) is 27.0. The number of hydrogen-bond donors (Lipinski definition) is 0. The molecule has 498 valence electrons. The second-order valence-electron chi connectivity index (χ2n) is 27.0. The summed E-state index contributed by atoms with van der Waals surface area (Å²) in [4.78, 5) is 37.5. The highest BCUT2D eigenvalue weighted by molar-refractivity contribution is 5.70. The van der Waals surface area contributed by atoms with Crippen molar-refractivity contribution in [1.82, 2.24) is 0 Å². The monoisotopic (exact) mass is 1190 g/mol. The fourth-order valence-corrected chi connectivity index (χ4v) is 11.5. The van der Waals surface area contributed by atoms with Crippen molar-refractivity contribution in [2.24, 2.45) is 0 Å². The molecule has 0 amide bonds. The van der Waals surface area contributed by atoms with E-state index in [0.717, 1.165) is 32.1 Å². The quantitative estimate of drug-likeness (QED) is 0.0195. The summed E-state index contributed by atoms with van der Waals surface area (Å²) in [6.07, 6.45) is 79.0. The number of unbranched alkanes of at least 4 members (excludes halogenated alkanes) is 54. The van der Waals surface area contributed by atoms with Crippen LogP contribution in [0.4, 0.5) is 0 Å². The summed E-state index contributed by atoms with van der Waals surface area (Å²) >= 11 is 0. The number of likely N-dealkylation sites (N-methyl/N-ethyl adjacent to an activating group) is 1. The first-order chi connectivity index (χ1) is 41.1. The molecule has 0 spiro atoms. The van der Waals surface area contributed by atoms with Crippen LogP contribution in [0.15, 0.2) is 12.2 Å². The van der Waals surface area contributed by atoms with E-state index in [1.807, 2.05) is 21.1 Å². The van der Waals surface area contributed by atoms with E-state index in [2.05, 4.69) is 26.0 Å². The molecule has 0 aromatic heterocycles. The van der Waals surface area contributed by atoms with Gasteiger partial charge in [0.1, 0.15) is 13.2 Å². The van der Waals surface area contributed by atoms with Crippen LogP contribution < -0.4 is 5.11 Å². The summed E-state index contributed by atoms with van der Waals surface area (Å²) in [6.45, 7) is 4.83. The second kappa shape index (κ2) is 67.0. The lowest BCUT2D eigenvalue weighted by Crippen LogP contribution is -2.44. The predicted octanol–water partition coefficient (Wildman–Crippen LogP) is 21.9. The van der Waals surface area contributed by atoms with Gasteiger partial charge in [-0.25, -0.2) is 0 Å². The number of aliphatic carboxylic acids is 1. The van der Waals surface area contributed by atoms with Crippen molar-refractivity contribution < 1.29 is 42.9 Å². The van der Waals surface area contributed by atoms with Gasteiger partial charge in [0.15, 0.2) is 12.4 Å². The van der Waals surface area contributed by atoms with E-state index in [0.29, 0.717) is 23.9 Å². The van der Waals surface area contributed by atoms with Crippen molar-refractivity contribution in [1.29, 1.82) is 0 Å². The van der Waals surface area contributed by atoms with Gasteiger partial charge >= 0.3 is 11.9 Å². The molecule has 84 heavy (non-hydrogen) atoms. The molecule has 0 aliphatic heterocycles. The number of rotatable bonds is 71. The van der Waals surface area contributed by atoms with Crippen LogP contribution in [-0.4, -0.2) is 82.3 Å². The van der Waals surface area contributed by atoms with E-state index in [9.17, 15) is 19.5 Å². The number of quaternary nitrogens is 1. The topological polar surface area (TPSA) is 111 Å². The third kappa shape index (κ3) is 67.5. The van der Waals surface area contributed by atoms with Crippen molar-refractivity contribution in [2.75, 3.05) is 47.5 Å². The lowest BCUT2D eigenvalue weighted by Gasteiger charge is -2.26. The predicted molar refractivity (Wildman–Crippen MR) is 357 cm³/mol. The van der Waals surface area contributed by atoms with Crippen LogP contribution in [0.1, 0.15) is 393 Å². The van der Waals surface area contributed by atoms with Gasteiger partial charge in [-0.05, 0) is 38.5 Å². The Morgan fingerprint density at radius 1 is 0.345 bits per heavy atom. The van der Waals surface area contributed by atoms with Gasteiger partial charge in [-0.1, -0.05) is 353 Å². The van der Waals surface area contributed by atoms with Gasteiger partial charge in [-0.2, -0.15) is 0 Å². The smallest absolute Gasteiger partial charge is 0.306 e. The summed E-state index contributed by atoms with van der Waals surface area (Å²) in [5.74, 6) is -2.25. The normalized spacial score (nSPS) is 12.6. The van der Waals surface area contributed by atoms with Gasteiger partial charge in [-0.15, -0.1) is 0 Å².